The molecule has 164 valence electrons. The Morgan fingerprint density at radius 1 is 0.500 bits per heavy atom. The third-order valence-corrected chi connectivity index (χ3v) is 6.86. The van der Waals surface area contributed by atoms with Crippen LogP contribution in [0.1, 0.15) is 11.1 Å². The predicted molar refractivity (Wildman–Crippen MR) is 144 cm³/mol. The molecule has 0 radical (unpaired) electrons. The van der Waals surface area contributed by atoms with Crippen LogP contribution in [0.5, 0.6) is 0 Å². The van der Waals surface area contributed by atoms with Gasteiger partial charge in [0.15, 0.2) is 0 Å². The first kappa shape index (κ1) is 20.5. The largest absolute Gasteiger partial charge is 0.337 e. The van der Waals surface area contributed by atoms with Crippen molar-refractivity contribution in [3.05, 3.63) is 145 Å². The van der Waals surface area contributed by atoms with Gasteiger partial charge in [-0.05, 0) is 64.4 Å². The van der Waals surface area contributed by atoms with E-state index in [0.717, 1.165) is 12.8 Å². The molecule has 0 fully saturated rings. The lowest BCUT2D eigenvalue weighted by Crippen LogP contribution is -2.29. The van der Waals surface area contributed by atoms with E-state index in [2.05, 4.69) is 138 Å². The molecule has 6 rings (SSSR count). The highest BCUT2D eigenvalue weighted by Gasteiger charge is 2.30. The van der Waals surface area contributed by atoms with Crippen molar-refractivity contribution in [3.63, 3.8) is 0 Å². The third-order valence-electron chi connectivity index (χ3n) is 6.86. The van der Waals surface area contributed by atoms with Crippen molar-refractivity contribution in [1.29, 1.82) is 0 Å². The first-order valence-corrected chi connectivity index (χ1v) is 12.0. The maximum atomic E-state index is 2.54. The molecule has 0 amide bonds. The average Bonchev–Trinajstić information content (AvgIpc) is 3.28. The van der Waals surface area contributed by atoms with Gasteiger partial charge in [-0.1, -0.05) is 115 Å². The monoisotopic (exact) mass is 437 g/mol. The molecule has 1 atom stereocenters. The van der Waals surface area contributed by atoms with Crippen molar-refractivity contribution >= 4 is 11.4 Å². The maximum absolute atomic E-state index is 2.54. The van der Waals surface area contributed by atoms with Crippen molar-refractivity contribution in [2.75, 3.05) is 4.90 Å². The minimum Gasteiger partial charge on any atom is -0.337 e. The molecule has 0 bridgehead atoms. The molecule has 1 heteroatoms. The lowest BCUT2D eigenvalue weighted by Gasteiger charge is -2.28. The summed E-state index contributed by atoms with van der Waals surface area (Å²) >= 11 is 0. The highest BCUT2D eigenvalue weighted by Crippen LogP contribution is 2.40. The summed E-state index contributed by atoms with van der Waals surface area (Å²) in [7, 11) is 0. The van der Waals surface area contributed by atoms with E-state index in [1.165, 1.54) is 44.8 Å². The number of fused-ring (bicyclic) bond motifs is 1. The summed E-state index contributed by atoms with van der Waals surface area (Å²) in [6.45, 7) is 0. The third kappa shape index (κ3) is 4.02. The van der Waals surface area contributed by atoms with Crippen LogP contribution in [0.4, 0.5) is 11.4 Å². The number of benzene rings is 5. The molecule has 0 aromatic heterocycles. The fourth-order valence-corrected chi connectivity index (χ4v) is 5.15. The van der Waals surface area contributed by atoms with E-state index in [1.807, 2.05) is 0 Å². The first-order valence-electron chi connectivity index (χ1n) is 12.0. The Bertz CT molecular complexity index is 1370. The number of rotatable bonds is 5. The molecule has 1 unspecified atom stereocenters. The standard InChI is InChI=1S/C33H27N/c1-3-9-26(10-4-1)28-17-15-25(16-18-28)23-32-24-30-13-7-8-14-33(30)34(32)31-21-19-29(20-22-31)27-11-5-2-6-12-27/h1-22,32H,23-24H2. The minimum absolute atomic E-state index is 0.405. The minimum atomic E-state index is 0.405. The molecular formula is C33H27N. The summed E-state index contributed by atoms with van der Waals surface area (Å²) in [6, 6.07) is 48.6. The van der Waals surface area contributed by atoms with Crippen LogP contribution in [-0.4, -0.2) is 6.04 Å². The Labute approximate surface area is 202 Å². The Balaban J connectivity index is 1.28. The van der Waals surface area contributed by atoms with Crippen LogP contribution in [-0.2, 0) is 12.8 Å². The quantitative estimate of drug-likeness (QED) is 0.267. The second-order valence-corrected chi connectivity index (χ2v) is 9.04. The topological polar surface area (TPSA) is 3.24 Å². The molecule has 1 nitrogen and oxygen atoms in total. The van der Waals surface area contributed by atoms with Crippen LogP contribution in [0.3, 0.4) is 0 Å². The molecular weight excluding hydrogens is 410 g/mol. The smallest absolute Gasteiger partial charge is 0.0446 e. The Morgan fingerprint density at radius 2 is 1.00 bits per heavy atom. The maximum Gasteiger partial charge on any atom is 0.0446 e. The van der Waals surface area contributed by atoms with Gasteiger partial charge in [-0.3, -0.25) is 0 Å². The number of hydrogen-bond acceptors (Lipinski definition) is 1. The molecule has 0 aliphatic carbocycles. The highest BCUT2D eigenvalue weighted by molar-refractivity contribution is 5.74. The van der Waals surface area contributed by atoms with E-state index in [9.17, 15) is 0 Å². The van der Waals surface area contributed by atoms with E-state index in [4.69, 9.17) is 0 Å². The summed E-state index contributed by atoms with van der Waals surface area (Å²) in [6.07, 6.45) is 2.08. The van der Waals surface area contributed by atoms with Gasteiger partial charge in [0, 0.05) is 17.4 Å². The second kappa shape index (κ2) is 9.03. The lowest BCUT2D eigenvalue weighted by molar-refractivity contribution is 0.682. The van der Waals surface area contributed by atoms with Crippen molar-refractivity contribution in [2.45, 2.75) is 18.9 Å². The summed E-state index contributed by atoms with van der Waals surface area (Å²) in [5.74, 6) is 0. The van der Waals surface area contributed by atoms with Gasteiger partial charge in [0.2, 0.25) is 0 Å². The van der Waals surface area contributed by atoms with E-state index in [0.29, 0.717) is 6.04 Å². The van der Waals surface area contributed by atoms with Crippen LogP contribution < -0.4 is 4.90 Å². The van der Waals surface area contributed by atoms with Gasteiger partial charge in [0.25, 0.3) is 0 Å². The predicted octanol–water partition coefficient (Wildman–Crippen LogP) is 8.33. The molecule has 1 heterocycles. The van der Waals surface area contributed by atoms with Crippen LogP contribution >= 0.6 is 0 Å². The highest BCUT2D eigenvalue weighted by atomic mass is 15.2. The van der Waals surface area contributed by atoms with E-state index >= 15 is 0 Å². The zero-order chi connectivity index (χ0) is 22.7. The fraction of sp³-hybridized carbons (Fsp3) is 0.0909. The van der Waals surface area contributed by atoms with Gasteiger partial charge in [-0.25, -0.2) is 0 Å². The molecule has 1 aliphatic rings. The molecule has 0 spiro atoms. The molecule has 0 saturated heterocycles. The van der Waals surface area contributed by atoms with Crippen molar-refractivity contribution < 1.29 is 0 Å². The summed E-state index contributed by atoms with van der Waals surface area (Å²) in [5, 5.41) is 0. The first-order chi connectivity index (χ1) is 16.8. The fourth-order valence-electron chi connectivity index (χ4n) is 5.15. The van der Waals surface area contributed by atoms with Crippen molar-refractivity contribution in [2.24, 2.45) is 0 Å². The van der Waals surface area contributed by atoms with Crippen molar-refractivity contribution in [3.8, 4) is 22.3 Å². The molecule has 34 heavy (non-hydrogen) atoms. The lowest BCUT2D eigenvalue weighted by atomic mass is 9.98. The number of hydrogen-bond donors (Lipinski definition) is 0. The number of nitrogens with zero attached hydrogens (tertiary/aromatic N) is 1. The van der Waals surface area contributed by atoms with Gasteiger partial charge in [0.1, 0.15) is 0 Å². The molecule has 1 aliphatic heterocycles. The molecule has 0 saturated carbocycles. The molecule has 5 aromatic rings. The Morgan fingerprint density at radius 3 is 1.62 bits per heavy atom. The van der Waals surface area contributed by atoms with E-state index in [-0.39, 0.29) is 0 Å². The van der Waals surface area contributed by atoms with Gasteiger partial charge >= 0.3 is 0 Å². The summed E-state index contributed by atoms with van der Waals surface area (Å²) in [4.78, 5) is 2.54. The van der Waals surface area contributed by atoms with Gasteiger partial charge in [-0.15, -0.1) is 0 Å². The Hall–Kier alpha value is -4.10. The van der Waals surface area contributed by atoms with Gasteiger partial charge in [-0.2, -0.15) is 0 Å². The second-order valence-electron chi connectivity index (χ2n) is 9.04. The zero-order valence-corrected chi connectivity index (χ0v) is 19.1. The molecule has 0 N–H and O–H groups in total. The van der Waals surface area contributed by atoms with E-state index in [1.54, 1.807) is 0 Å². The van der Waals surface area contributed by atoms with Crippen LogP contribution in [0.25, 0.3) is 22.3 Å². The van der Waals surface area contributed by atoms with E-state index < -0.39 is 0 Å². The number of para-hydroxylation sites is 1. The van der Waals surface area contributed by atoms with Crippen LogP contribution in [0, 0.1) is 0 Å². The number of anilines is 2. The van der Waals surface area contributed by atoms with Gasteiger partial charge in [0.05, 0.1) is 0 Å². The summed E-state index contributed by atoms with van der Waals surface area (Å²) < 4.78 is 0. The van der Waals surface area contributed by atoms with Crippen LogP contribution in [0.15, 0.2) is 133 Å². The normalized spacial score (nSPS) is 14.7. The average molecular weight is 438 g/mol. The van der Waals surface area contributed by atoms with Crippen molar-refractivity contribution in [1.82, 2.24) is 0 Å². The summed E-state index contributed by atoms with van der Waals surface area (Å²) in [5.41, 5.74) is 10.5. The van der Waals surface area contributed by atoms with Crippen LogP contribution in [0.2, 0.25) is 0 Å². The van der Waals surface area contributed by atoms with Gasteiger partial charge < -0.3 is 4.90 Å². The molecule has 5 aromatic carbocycles. The Kier molecular flexibility index (Phi) is 5.45. The zero-order valence-electron chi connectivity index (χ0n) is 19.1. The SMILES string of the molecule is c1ccc(-c2ccc(CC3Cc4ccccc4N3c3ccc(-c4ccccc4)cc3)cc2)cc1.